The molecular weight excluding hydrogens is 224 g/mol. The van der Waals surface area contributed by atoms with Crippen molar-refractivity contribution in [3.8, 4) is 0 Å². The van der Waals surface area contributed by atoms with Crippen LogP contribution in [0.5, 0.6) is 0 Å². The van der Waals surface area contributed by atoms with E-state index in [1.54, 1.807) is 0 Å². The molecule has 1 aromatic heterocycles. The summed E-state index contributed by atoms with van der Waals surface area (Å²) in [5.41, 5.74) is 10.0. The van der Waals surface area contributed by atoms with E-state index in [4.69, 9.17) is 17.3 Å². The van der Waals surface area contributed by atoms with Gasteiger partial charge in [-0.15, -0.1) is 0 Å². The zero-order chi connectivity index (χ0) is 10.6. The molecule has 0 bridgehead atoms. The Kier molecular flexibility index (Phi) is 3.61. The molecule has 4 N–H and O–H groups in total. The first-order chi connectivity index (χ1) is 6.59. The van der Waals surface area contributed by atoms with Crippen molar-refractivity contribution in [2.24, 2.45) is 5.73 Å². The maximum atomic E-state index is 11.3. The van der Waals surface area contributed by atoms with Crippen molar-refractivity contribution in [2.75, 3.05) is 0 Å². The number of hydrazine groups is 1. The van der Waals surface area contributed by atoms with E-state index >= 15 is 0 Å². The Morgan fingerprint density at radius 2 is 2.21 bits per heavy atom. The van der Waals surface area contributed by atoms with E-state index in [1.165, 1.54) is 18.5 Å². The van der Waals surface area contributed by atoms with Gasteiger partial charge in [0, 0.05) is 12.4 Å². The highest BCUT2D eigenvalue weighted by Crippen LogP contribution is 2.07. The van der Waals surface area contributed by atoms with Crippen LogP contribution in [0.4, 0.5) is 0 Å². The first-order valence-electron chi connectivity index (χ1n) is 3.56. The van der Waals surface area contributed by atoms with Gasteiger partial charge in [0.25, 0.3) is 5.91 Å². The smallest absolute Gasteiger partial charge is 0.271 e. The number of thiocarbonyl (C=S) groups is 1. The third-order valence-electron chi connectivity index (χ3n) is 1.27. The molecule has 0 aromatic carbocycles. The van der Waals surface area contributed by atoms with Crippen molar-refractivity contribution in [1.82, 2.24) is 15.8 Å². The summed E-state index contributed by atoms with van der Waals surface area (Å²) in [5, 5.41) is 0.362. The fourth-order valence-corrected chi connectivity index (χ4v) is 0.951. The highest BCUT2D eigenvalue weighted by Gasteiger charge is 2.05. The molecule has 0 unspecified atom stereocenters. The van der Waals surface area contributed by atoms with Crippen LogP contribution in [-0.4, -0.2) is 16.0 Å². The van der Waals surface area contributed by atoms with Crippen LogP contribution in [0, 0.1) is 0 Å². The van der Waals surface area contributed by atoms with E-state index < -0.39 is 5.91 Å². The van der Waals surface area contributed by atoms with Crippen molar-refractivity contribution < 1.29 is 4.79 Å². The van der Waals surface area contributed by atoms with E-state index in [2.05, 4.69) is 28.1 Å². The summed E-state index contributed by atoms with van der Waals surface area (Å²) in [4.78, 5) is 15.1. The summed E-state index contributed by atoms with van der Waals surface area (Å²) in [6, 6.07) is 1.48. The third kappa shape index (κ3) is 3.15. The van der Waals surface area contributed by atoms with Crippen molar-refractivity contribution in [3.05, 3.63) is 29.0 Å². The lowest BCUT2D eigenvalue weighted by molar-refractivity contribution is 0.0943. The van der Waals surface area contributed by atoms with Crippen LogP contribution in [0.2, 0.25) is 5.02 Å². The number of nitrogens with two attached hydrogens (primary N) is 1. The second kappa shape index (κ2) is 4.73. The molecule has 74 valence electrons. The number of aromatic nitrogens is 1. The topological polar surface area (TPSA) is 80.0 Å². The number of amides is 1. The van der Waals surface area contributed by atoms with Gasteiger partial charge in [0.1, 0.15) is 0 Å². The predicted octanol–water partition coefficient (Wildman–Crippen LogP) is 0.213. The second-order valence-corrected chi connectivity index (χ2v) is 3.21. The number of carbonyl (C=O) groups is 1. The van der Waals surface area contributed by atoms with Crippen molar-refractivity contribution >= 4 is 34.8 Å². The average Bonchev–Trinajstić information content (AvgIpc) is 2.14. The highest BCUT2D eigenvalue weighted by molar-refractivity contribution is 7.80. The van der Waals surface area contributed by atoms with Gasteiger partial charge < -0.3 is 5.73 Å². The average molecular weight is 231 g/mol. The molecule has 0 aliphatic heterocycles. The number of carbonyl (C=O) groups excluding carboxylic acids is 1. The normalized spacial score (nSPS) is 9.21. The van der Waals surface area contributed by atoms with Gasteiger partial charge in [-0.3, -0.25) is 20.6 Å². The van der Waals surface area contributed by atoms with Gasteiger partial charge in [-0.05, 0) is 18.3 Å². The third-order valence-corrected chi connectivity index (χ3v) is 1.58. The summed E-state index contributed by atoms with van der Waals surface area (Å²) >= 11 is 10.1. The SMILES string of the molecule is NC(=S)NNC(=O)c1cncc(Cl)c1. The molecule has 1 rings (SSSR count). The molecule has 1 heterocycles. The zero-order valence-electron chi connectivity index (χ0n) is 6.95. The molecule has 0 fully saturated rings. The van der Waals surface area contributed by atoms with Gasteiger partial charge in [0.15, 0.2) is 5.11 Å². The maximum absolute atomic E-state index is 11.3. The highest BCUT2D eigenvalue weighted by atomic mass is 35.5. The molecule has 14 heavy (non-hydrogen) atoms. The predicted molar refractivity (Wildman–Crippen MR) is 56.6 cm³/mol. The van der Waals surface area contributed by atoms with Crippen molar-refractivity contribution in [1.29, 1.82) is 0 Å². The minimum absolute atomic E-state index is 0.0201. The molecule has 0 radical (unpaired) electrons. The lowest BCUT2D eigenvalue weighted by Crippen LogP contribution is -2.44. The molecular formula is C7H7ClN4OS. The Morgan fingerprint density at radius 1 is 1.50 bits per heavy atom. The number of rotatable bonds is 1. The minimum atomic E-state index is -0.409. The number of nitrogens with zero attached hydrogens (tertiary/aromatic N) is 1. The quantitative estimate of drug-likeness (QED) is 0.475. The van der Waals surface area contributed by atoms with Gasteiger partial charge in [-0.2, -0.15) is 0 Å². The summed E-state index contributed by atoms with van der Waals surface area (Å²) in [5.74, 6) is -0.409. The Bertz CT molecular complexity index is 370. The van der Waals surface area contributed by atoms with Crippen LogP contribution in [0.15, 0.2) is 18.5 Å². The van der Waals surface area contributed by atoms with Gasteiger partial charge in [0.05, 0.1) is 10.6 Å². The zero-order valence-corrected chi connectivity index (χ0v) is 8.52. The van der Waals surface area contributed by atoms with Crippen LogP contribution < -0.4 is 16.6 Å². The lowest BCUT2D eigenvalue weighted by atomic mass is 10.3. The van der Waals surface area contributed by atoms with E-state index in [0.29, 0.717) is 10.6 Å². The van der Waals surface area contributed by atoms with Crippen LogP contribution in [0.1, 0.15) is 10.4 Å². The molecule has 0 saturated carbocycles. The monoisotopic (exact) mass is 230 g/mol. The molecule has 0 atom stereocenters. The first kappa shape index (κ1) is 10.7. The Balaban J connectivity index is 2.65. The fraction of sp³-hybridized carbons (Fsp3) is 0. The van der Waals surface area contributed by atoms with Gasteiger partial charge in [-0.1, -0.05) is 11.6 Å². The molecule has 1 aromatic rings. The molecule has 7 heteroatoms. The van der Waals surface area contributed by atoms with Gasteiger partial charge >= 0.3 is 0 Å². The number of pyridine rings is 1. The van der Waals surface area contributed by atoms with Crippen LogP contribution in [-0.2, 0) is 0 Å². The molecule has 1 amide bonds. The van der Waals surface area contributed by atoms with E-state index in [9.17, 15) is 4.79 Å². The number of halogens is 1. The summed E-state index contributed by atoms with van der Waals surface area (Å²) in [6.07, 6.45) is 2.81. The van der Waals surface area contributed by atoms with E-state index in [-0.39, 0.29) is 5.11 Å². The largest absolute Gasteiger partial charge is 0.375 e. The molecule has 5 nitrogen and oxygen atoms in total. The number of hydrogen-bond donors (Lipinski definition) is 3. The van der Waals surface area contributed by atoms with Crippen LogP contribution in [0.3, 0.4) is 0 Å². The van der Waals surface area contributed by atoms with Crippen LogP contribution >= 0.6 is 23.8 Å². The van der Waals surface area contributed by atoms with Crippen molar-refractivity contribution in [2.45, 2.75) is 0 Å². The van der Waals surface area contributed by atoms with Crippen molar-refractivity contribution in [3.63, 3.8) is 0 Å². The Hall–Kier alpha value is -1.40. The number of nitrogens with one attached hydrogen (secondary N) is 2. The molecule has 0 aliphatic carbocycles. The minimum Gasteiger partial charge on any atom is -0.375 e. The molecule has 0 saturated heterocycles. The Morgan fingerprint density at radius 3 is 2.79 bits per heavy atom. The standard InChI is InChI=1S/C7H7ClN4OS/c8-5-1-4(2-10-3-5)6(13)11-12-7(9)14/h1-3H,(H,11,13)(H3,9,12,14). The Labute approximate surface area is 90.6 Å². The maximum Gasteiger partial charge on any atom is 0.271 e. The molecule has 0 spiro atoms. The number of hydrogen-bond acceptors (Lipinski definition) is 3. The first-order valence-corrected chi connectivity index (χ1v) is 4.34. The summed E-state index contributed by atoms with van der Waals surface area (Å²) in [6.45, 7) is 0. The fourth-order valence-electron chi connectivity index (χ4n) is 0.727. The lowest BCUT2D eigenvalue weighted by Gasteiger charge is -2.05. The summed E-state index contributed by atoms with van der Waals surface area (Å²) < 4.78 is 0. The second-order valence-electron chi connectivity index (χ2n) is 2.34. The van der Waals surface area contributed by atoms with E-state index in [1.807, 2.05) is 0 Å². The summed E-state index contributed by atoms with van der Waals surface area (Å²) in [7, 11) is 0. The van der Waals surface area contributed by atoms with Gasteiger partial charge in [-0.25, -0.2) is 0 Å². The van der Waals surface area contributed by atoms with Crippen LogP contribution in [0.25, 0.3) is 0 Å². The molecule has 0 aliphatic rings. The van der Waals surface area contributed by atoms with Gasteiger partial charge in [0.2, 0.25) is 0 Å². The van der Waals surface area contributed by atoms with E-state index in [0.717, 1.165) is 0 Å².